The number of aromatic nitrogens is 2. The molecule has 2 heterocycles. The Morgan fingerprint density at radius 1 is 1.42 bits per heavy atom. The van der Waals surface area contributed by atoms with Crippen LogP contribution >= 0.6 is 11.6 Å². The highest BCUT2D eigenvalue weighted by Gasteiger charge is 2.12. The van der Waals surface area contributed by atoms with Crippen LogP contribution < -0.4 is 5.32 Å². The Labute approximate surface area is 115 Å². The predicted octanol–water partition coefficient (Wildman–Crippen LogP) is 2.75. The van der Waals surface area contributed by atoms with Gasteiger partial charge in [-0.3, -0.25) is 4.98 Å². The van der Waals surface area contributed by atoms with Crippen molar-refractivity contribution in [2.45, 2.75) is 13.5 Å². The molecule has 0 amide bonds. The van der Waals surface area contributed by atoms with Gasteiger partial charge < -0.3 is 10.4 Å². The SMILES string of the molecule is Cc1ccncc1CNc1nc(Cl)ccc1C(=O)O. The minimum atomic E-state index is -1.05. The van der Waals surface area contributed by atoms with Gasteiger partial charge in [0.2, 0.25) is 0 Å². The van der Waals surface area contributed by atoms with Gasteiger partial charge in [0, 0.05) is 18.9 Å². The van der Waals surface area contributed by atoms with Gasteiger partial charge in [-0.25, -0.2) is 9.78 Å². The first-order valence-electron chi connectivity index (χ1n) is 5.61. The average Bonchev–Trinajstić information content (AvgIpc) is 2.37. The second-order valence-corrected chi connectivity index (χ2v) is 4.38. The topological polar surface area (TPSA) is 75.1 Å². The summed E-state index contributed by atoms with van der Waals surface area (Å²) in [6, 6.07) is 4.77. The first-order chi connectivity index (χ1) is 9.08. The van der Waals surface area contributed by atoms with Crippen LogP contribution in [-0.2, 0) is 6.54 Å². The van der Waals surface area contributed by atoms with E-state index in [9.17, 15) is 4.79 Å². The fourth-order valence-electron chi connectivity index (χ4n) is 1.60. The van der Waals surface area contributed by atoms with Crippen LogP contribution in [0.2, 0.25) is 5.15 Å². The molecule has 0 aliphatic rings. The summed E-state index contributed by atoms with van der Waals surface area (Å²) in [6.45, 7) is 2.40. The molecular formula is C13H12ClN3O2. The molecule has 0 unspecified atom stereocenters. The molecule has 2 aromatic heterocycles. The number of anilines is 1. The predicted molar refractivity (Wildman–Crippen MR) is 72.5 cm³/mol. The number of hydrogen-bond acceptors (Lipinski definition) is 4. The van der Waals surface area contributed by atoms with Crippen LogP contribution in [0.5, 0.6) is 0 Å². The molecule has 19 heavy (non-hydrogen) atoms. The Hall–Kier alpha value is -2.14. The highest BCUT2D eigenvalue weighted by Crippen LogP contribution is 2.18. The lowest BCUT2D eigenvalue weighted by atomic mass is 10.1. The number of halogens is 1. The molecule has 0 saturated carbocycles. The van der Waals surface area contributed by atoms with Crippen molar-refractivity contribution in [2.24, 2.45) is 0 Å². The molecular weight excluding hydrogens is 266 g/mol. The van der Waals surface area contributed by atoms with Gasteiger partial charge in [0.05, 0.1) is 0 Å². The molecule has 0 spiro atoms. The summed E-state index contributed by atoms with van der Waals surface area (Å²) in [4.78, 5) is 19.1. The fraction of sp³-hybridized carbons (Fsp3) is 0.154. The highest BCUT2D eigenvalue weighted by atomic mass is 35.5. The number of nitrogens with one attached hydrogen (secondary N) is 1. The monoisotopic (exact) mass is 277 g/mol. The van der Waals surface area contributed by atoms with Crippen molar-refractivity contribution < 1.29 is 9.90 Å². The minimum Gasteiger partial charge on any atom is -0.478 e. The maximum Gasteiger partial charge on any atom is 0.339 e. The number of carbonyl (C=O) groups is 1. The number of hydrogen-bond donors (Lipinski definition) is 2. The minimum absolute atomic E-state index is 0.0888. The third kappa shape index (κ3) is 3.20. The number of aryl methyl sites for hydroxylation is 1. The van der Waals surface area contributed by atoms with Gasteiger partial charge in [0.1, 0.15) is 16.5 Å². The van der Waals surface area contributed by atoms with Gasteiger partial charge in [-0.1, -0.05) is 11.6 Å². The zero-order chi connectivity index (χ0) is 13.8. The molecule has 0 atom stereocenters. The second kappa shape index (κ2) is 5.67. The summed E-state index contributed by atoms with van der Waals surface area (Å²) < 4.78 is 0. The Morgan fingerprint density at radius 3 is 2.89 bits per heavy atom. The van der Waals surface area contributed by atoms with Crippen LogP contribution in [0.1, 0.15) is 21.5 Å². The van der Waals surface area contributed by atoms with E-state index in [4.69, 9.17) is 16.7 Å². The van der Waals surface area contributed by atoms with Crippen molar-refractivity contribution in [2.75, 3.05) is 5.32 Å². The van der Waals surface area contributed by atoms with E-state index in [1.807, 2.05) is 13.0 Å². The summed E-state index contributed by atoms with van der Waals surface area (Å²) in [5, 5.41) is 12.3. The molecule has 0 fully saturated rings. The Kier molecular flexibility index (Phi) is 3.97. The fourth-order valence-corrected chi connectivity index (χ4v) is 1.75. The summed E-state index contributed by atoms with van der Waals surface area (Å²) in [5.41, 5.74) is 2.13. The van der Waals surface area contributed by atoms with Crippen molar-refractivity contribution in [3.63, 3.8) is 0 Å². The zero-order valence-corrected chi connectivity index (χ0v) is 11.0. The lowest BCUT2D eigenvalue weighted by Crippen LogP contribution is -2.09. The molecule has 0 radical (unpaired) electrons. The Balaban J connectivity index is 2.22. The van der Waals surface area contributed by atoms with Crippen molar-refractivity contribution in [1.29, 1.82) is 0 Å². The lowest BCUT2D eigenvalue weighted by Gasteiger charge is -2.10. The molecule has 5 nitrogen and oxygen atoms in total. The molecule has 2 rings (SSSR count). The van der Waals surface area contributed by atoms with Crippen LogP contribution in [0.3, 0.4) is 0 Å². The van der Waals surface area contributed by atoms with Crippen LogP contribution in [0.15, 0.2) is 30.6 Å². The van der Waals surface area contributed by atoms with E-state index < -0.39 is 5.97 Å². The van der Waals surface area contributed by atoms with E-state index in [1.54, 1.807) is 12.4 Å². The van der Waals surface area contributed by atoms with Crippen molar-refractivity contribution >= 4 is 23.4 Å². The number of carboxylic acid groups (broad SMARTS) is 1. The van der Waals surface area contributed by atoms with Crippen molar-refractivity contribution in [3.05, 3.63) is 52.4 Å². The summed E-state index contributed by atoms with van der Waals surface area (Å²) in [7, 11) is 0. The third-order valence-corrected chi connectivity index (χ3v) is 2.90. The van der Waals surface area contributed by atoms with E-state index in [-0.39, 0.29) is 16.5 Å². The Morgan fingerprint density at radius 2 is 2.21 bits per heavy atom. The molecule has 0 aromatic carbocycles. The van der Waals surface area contributed by atoms with Crippen LogP contribution in [0.25, 0.3) is 0 Å². The number of aromatic carboxylic acids is 1. The zero-order valence-electron chi connectivity index (χ0n) is 10.2. The Bertz CT molecular complexity index is 617. The van der Waals surface area contributed by atoms with E-state index in [2.05, 4.69) is 15.3 Å². The third-order valence-electron chi connectivity index (χ3n) is 2.69. The van der Waals surface area contributed by atoms with E-state index in [1.165, 1.54) is 12.1 Å². The quantitative estimate of drug-likeness (QED) is 0.841. The van der Waals surface area contributed by atoms with Crippen LogP contribution in [0, 0.1) is 6.92 Å². The summed E-state index contributed by atoms with van der Waals surface area (Å²) >= 11 is 5.78. The van der Waals surface area contributed by atoms with E-state index in [0.29, 0.717) is 6.54 Å². The van der Waals surface area contributed by atoms with Crippen LogP contribution in [0.4, 0.5) is 5.82 Å². The van der Waals surface area contributed by atoms with Gasteiger partial charge >= 0.3 is 5.97 Å². The van der Waals surface area contributed by atoms with Gasteiger partial charge in [0.25, 0.3) is 0 Å². The second-order valence-electron chi connectivity index (χ2n) is 3.99. The number of carboxylic acids is 1. The highest BCUT2D eigenvalue weighted by molar-refractivity contribution is 6.29. The van der Waals surface area contributed by atoms with Crippen molar-refractivity contribution in [1.82, 2.24) is 9.97 Å². The number of rotatable bonds is 4. The van der Waals surface area contributed by atoms with Crippen molar-refractivity contribution in [3.8, 4) is 0 Å². The first-order valence-corrected chi connectivity index (χ1v) is 5.99. The maximum absolute atomic E-state index is 11.1. The number of pyridine rings is 2. The molecule has 0 aliphatic carbocycles. The molecule has 0 saturated heterocycles. The number of nitrogens with zero attached hydrogens (tertiary/aromatic N) is 2. The molecule has 2 N–H and O–H groups in total. The molecule has 2 aromatic rings. The summed E-state index contributed by atoms with van der Waals surface area (Å²) in [6.07, 6.45) is 3.44. The van der Waals surface area contributed by atoms with Crippen LogP contribution in [-0.4, -0.2) is 21.0 Å². The molecule has 0 aliphatic heterocycles. The lowest BCUT2D eigenvalue weighted by molar-refractivity contribution is 0.0697. The average molecular weight is 278 g/mol. The van der Waals surface area contributed by atoms with E-state index >= 15 is 0 Å². The van der Waals surface area contributed by atoms with Gasteiger partial charge in [-0.05, 0) is 36.2 Å². The van der Waals surface area contributed by atoms with E-state index in [0.717, 1.165) is 11.1 Å². The normalized spacial score (nSPS) is 10.2. The maximum atomic E-state index is 11.1. The van der Waals surface area contributed by atoms with Gasteiger partial charge in [-0.15, -0.1) is 0 Å². The standard InChI is InChI=1S/C13H12ClN3O2/c1-8-4-5-15-6-9(8)7-16-12-10(13(18)19)2-3-11(14)17-12/h2-6H,7H2,1H3,(H,16,17)(H,18,19). The van der Waals surface area contributed by atoms with Gasteiger partial charge in [-0.2, -0.15) is 0 Å². The largest absolute Gasteiger partial charge is 0.478 e. The molecule has 98 valence electrons. The van der Waals surface area contributed by atoms with Gasteiger partial charge in [0.15, 0.2) is 0 Å². The summed E-state index contributed by atoms with van der Waals surface area (Å²) in [5.74, 6) is -0.794. The molecule has 6 heteroatoms. The molecule has 0 bridgehead atoms. The smallest absolute Gasteiger partial charge is 0.339 e. The first kappa shape index (κ1) is 13.3.